The quantitative estimate of drug-likeness (QED) is 0.668. The predicted molar refractivity (Wildman–Crippen MR) is 87.3 cm³/mol. The summed E-state index contributed by atoms with van der Waals surface area (Å²) in [5, 5.41) is 19.0. The summed E-state index contributed by atoms with van der Waals surface area (Å²) in [7, 11) is 0. The third kappa shape index (κ3) is 2.79. The van der Waals surface area contributed by atoms with Gasteiger partial charge in [-0.25, -0.2) is 14.2 Å². The number of aromatic nitrogens is 2. The van der Waals surface area contributed by atoms with Crippen molar-refractivity contribution in [2.75, 3.05) is 0 Å². The number of carbonyl (C=O) groups is 1. The first-order chi connectivity index (χ1) is 11.5. The first-order valence-corrected chi connectivity index (χ1v) is 7.21. The molecule has 1 atom stereocenters. The molecular formula is C17H14N2O5. The zero-order valence-electron chi connectivity index (χ0n) is 12.5. The SMILES string of the molecule is O=C(O)[C@H](Cc1ccc(O)cc1)n1c(=O)[nH]c2ccccc2c1=O. The molecule has 0 saturated carbocycles. The molecule has 24 heavy (non-hydrogen) atoms. The summed E-state index contributed by atoms with van der Waals surface area (Å²) in [6.07, 6.45) is -0.0586. The number of nitrogens with one attached hydrogen (secondary N) is 1. The zero-order chi connectivity index (χ0) is 17.3. The number of rotatable bonds is 4. The van der Waals surface area contributed by atoms with E-state index in [1.54, 1.807) is 30.3 Å². The van der Waals surface area contributed by atoms with Gasteiger partial charge in [-0.15, -0.1) is 0 Å². The number of carboxylic acids is 1. The van der Waals surface area contributed by atoms with Crippen molar-refractivity contribution >= 4 is 16.9 Å². The Hall–Kier alpha value is -3.35. The minimum Gasteiger partial charge on any atom is -0.508 e. The van der Waals surface area contributed by atoms with E-state index in [-0.39, 0.29) is 17.6 Å². The highest BCUT2D eigenvalue weighted by atomic mass is 16.4. The Morgan fingerprint density at radius 1 is 1.08 bits per heavy atom. The van der Waals surface area contributed by atoms with Crippen LogP contribution in [0.15, 0.2) is 58.1 Å². The number of phenolic OH excluding ortho intramolecular Hbond substituents is 1. The van der Waals surface area contributed by atoms with Crippen LogP contribution < -0.4 is 11.2 Å². The van der Waals surface area contributed by atoms with Gasteiger partial charge in [0.15, 0.2) is 0 Å². The van der Waals surface area contributed by atoms with Crippen molar-refractivity contribution in [2.24, 2.45) is 0 Å². The molecule has 3 rings (SSSR count). The van der Waals surface area contributed by atoms with E-state index in [0.29, 0.717) is 11.1 Å². The number of aromatic hydroxyl groups is 1. The van der Waals surface area contributed by atoms with Crippen LogP contribution in [0.1, 0.15) is 11.6 Å². The number of carboxylic acid groups (broad SMARTS) is 1. The van der Waals surface area contributed by atoms with E-state index in [4.69, 9.17) is 0 Å². The lowest BCUT2D eigenvalue weighted by Crippen LogP contribution is -2.41. The van der Waals surface area contributed by atoms with Gasteiger partial charge in [0.1, 0.15) is 11.8 Å². The molecule has 0 spiro atoms. The predicted octanol–water partition coefficient (Wildman–Crippen LogP) is 1.26. The van der Waals surface area contributed by atoms with Crippen LogP contribution in [-0.4, -0.2) is 25.7 Å². The maximum atomic E-state index is 12.6. The third-order valence-electron chi connectivity index (χ3n) is 3.80. The second kappa shape index (κ2) is 6.04. The fourth-order valence-corrected chi connectivity index (χ4v) is 2.60. The van der Waals surface area contributed by atoms with Crippen LogP contribution >= 0.6 is 0 Å². The van der Waals surface area contributed by atoms with E-state index >= 15 is 0 Å². The molecule has 0 aliphatic carbocycles. The standard InChI is InChI=1S/C17H14N2O5/c20-11-7-5-10(6-8-11)9-14(16(22)23)19-15(21)12-3-1-2-4-13(12)18-17(19)24/h1-8,14,20H,9H2,(H,18,24)(H,22,23)/t14-/m0/s1. The molecule has 0 unspecified atom stereocenters. The van der Waals surface area contributed by atoms with Crippen LogP contribution in [0.3, 0.4) is 0 Å². The molecule has 0 radical (unpaired) electrons. The molecule has 3 N–H and O–H groups in total. The summed E-state index contributed by atoms with van der Waals surface area (Å²) in [6, 6.07) is 11.0. The largest absolute Gasteiger partial charge is 0.508 e. The maximum Gasteiger partial charge on any atom is 0.329 e. The summed E-state index contributed by atoms with van der Waals surface area (Å²) in [5.74, 6) is -1.24. The van der Waals surface area contributed by atoms with Gasteiger partial charge >= 0.3 is 11.7 Å². The zero-order valence-corrected chi connectivity index (χ0v) is 12.5. The van der Waals surface area contributed by atoms with Gasteiger partial charge in [-0.1, -0.05) is 24.3 Å². The number of aromatic amines is 1. The monoisotopic (exact) mass is 326 g/mol. The molecule has 0 aliphatic heterocycles. The van der Waals surface area contributed by atoms with Gasteiger partial charge < -0.3 is 15.2 Å². The van der Waals surface area contributed by atoms with Crippen molar-refractivity contribution < 1.29 is 15.0 Å². The molecule has 0 amide bonds. The second-order valence-electron chi connectivity index (χ2n) is 5.38. The summed E-state index contributed by atoms with van der Waals surface area (Å²) in [6.45, 7) is 0. The first kappa shape index (κ1) is 15.5. The smallest absolute Gasteiger partial charge is 0.329 e. The summed E-state index contributed by atoms with van der Waals surface area (Å²) >= 11 is 0. The van der Waals surface area contributed by atoms with E-state index < -0.39 is 23.3 Å². The average Bonchev–Trinajstić information content (AvgIpc) is 2.55. The van der Waals surface area contributed by atoms with Crippen molar-refractivity contribution in [1.29, 1.82) is 0 Å². The highest BCUT2D eigenvalue weighted by molar-refractivity contribution is 5.78. The fourth-order valence-electron chi connectivity index (χ4n) is 2.60. The third-order valence-corrected chi connectivity index (χ3v) is 3.80. The number of fused-ring (bicyclic) bond motifs is 1. The number of aliphatic carboxylic acids is 1. The lowest BCUT2D eigenvalue weighted by atomic mass is 10.1. The lowest BCUT2D eigenvalue weighted by molar-refractivity contribution is -0.141. The van der Waals surface area contributed by atoms with Gasteiger partial charge in [0, 0.05) is 6.42 Å². The van der Waals surface area contributed by atoms with Crippen molar-refractivity contribution in [2.45, 2.75) is 12.5 Å². The van der Waals surface area contributed by atoms with Crippen molar-refractivity contribution in [3.05, 3.63) is 74.9 Å². The van der Waals surface area contributed by atoms with Gasteiger partial charge in [0.25, 0.3) is 5.56 Å². The van der Waals surface area contributed by atoms with Gasteiger partial charge in [0.05, 0.1) is 10.9 Å². The Kier molecular flexibility index (Phi) is 3.91. The van der Waals surface area contributed by atoms with Crippen molar-refractivity contribution in [3.63, 3.8) is 0 Å². The molecule has 0 fully saturated rings. The molecule has 1 aromatic heterocycles. The van der Waals surface area contributed by atoms with Crippen LogP contribution in [0, 0.1) is 0 Å². The van der Waals surface area contributed by atoms with Gasteiger partial charge in [-0.05, 0) is 29.8 Å². The number of para-hydroxylation sites is 1. The van der Waals surface area contributed by atoms with Crippen LogP contribution in [0.25, 0.3) is 10.9 Å². The van der Waals surface area contributed by atoms with E-state index in [1.807, 2.05) is 0 Å². The van der Waals surface area contributed by atoms with Gasteiger partial charge in [0.2, 0.25) is 0 Å². The molecule has 122 valence electrons. The minimum absolute atomic E-state index is 0.0475. The normalized spacial score (nSPS) is 12.2. The molecule has 7 heteroatoms. The Bertz CT molecular complexity index is 1020. The molecular weight excluding hydrogens is 312 g/mol. The Balaban J connectivity index is 2.14. The number of hydrogen-bond donors (Lipinski definition) is 3. The minimum atomic E-state index is -1.35. The number of hydrogen-bond acceptors (Lipinski definition) is 4. The molecule has 7 nitrogen and oxygen atoms in total. The molecule has 0 aliphatic rings. The molecule has 2 aromatic carbocycles. The van der Waals surface area contributed by atoms with Crippen molar-refractivity contribution in [3.8, 4) is 5.75 Å². The summed E-state index contributed by atoms with van der Waals surface area (Å²) in [4.78, 5) is 39.0. The molecule has 1 heterocycles. The summed E-state index contributed by atoms with van der Waals surface area (Å²) < 4.78 is 0.720. The molecule has 3 aromatic rings. The van der Waals surface area contributed by atoms with Crippen LogP contribution in [-0.2, 0) is 11.2 Å². The topological polar surface area (TPSA) is 112 Å². The van der Waals surface area contributed by atoms with Crippen LogP contribution in [0.2, 0.25) is 0 Å². The van der Waals surface area contributed by atoms with Crippen LogP contribution in [0.5, 0.6) is 5.75 Å². The fraction of sp³-hybridized carbons (Fsp3) is 0.118. The average molecular weight is 326 g/mol. The highest BCUT2D eigenvalue weighted by Crippen LogP contribution is 2.16. The van der Waals surface area contributed by atoms with E-state index in [0.717, 1.165) is 4.57 Å². The Labute approximate surface area is 135 Å². The van der Waals surface area contributed by atoms with Crippen molar-refractivity contribution in [1.82, 2.24) is 9.55 Å². The number of H-pyrrole nitrogens is 1. The van der Waals surface area contributed by atoms with Gasteiger partial charge in [-0.3, -0.25) is 4.79 Å². The summed E-state index contributed by atoms with van der Waals surface area (Å²) in [5.41, 5.74) is -0.484. The van der Waals surface area contributed by atoms with Gasteiger partial charge in [-0.2, -0.15) is 0 Å². The number of phenols is 1. The Morgan fingerprint density at radius 2 is 1.75 bits per heavy atom. The number of nitrogens with zero attached hydrogens (tertiary/aromatic N) is 1. The first-order valence-electron chi connectivity index (χ1n) is 7.21. The Morgan fingerprint density at radius 3 is 2.42 bits per heavy atom. The van der Waals surface area contributed by atoms with E-state index in [1.165, 1.54) is 18.2 Å². The maximum absolute atomic E-state index is 12.6. The number of benzene rings is 2. The second-order valence-corrected chi connectivity index (χ2v) is 5.38. The lowest BCUT2D eigenvalue weighted by Gasteiger charge is -2.15. The van der Waals surface area contributed by atoms with E-state index in [2.05, 4.69) is 4.98 Å². The molecule has 0 bridgehead atoms. The van der Waals surface area contributed by atoms with Crippen LogP contribution in [0.4, 0.5) is 0 Å². The molecule has 0 saturated heterocycles. The van der Waals surface area contributed by atoms with E-state index in [9.17, 15) is 24.6 Å². The highest BCUT2D eigenvalue weighted by Gasteiger charge is 2.24.